The van der Waals surface area contributed by atoms with E-state index >= 15 is 8.78 Å². The Morgan fingerprint density at radius 2 is 1.79 bits per heavy atom. The Morgan fingerprint density at radius 1 is 1.12 bits per heavy atom. The Kier molecular flexibility index (Phi) is 9.15. The molecule has 0 saturated heterocycles. The van der Waals surface area contributed by atoms with Gasteiger partial charge in [-0.05, 0) is 43.3 Å². The molecule has 2 N–H and O–H groups in total. The van der Waals surface area contributed by atoms with Crippen LogP contribution < -0.4 is 25.0 Å². The third-order valence-corrected chi connectivity index (χ3v) is 6.52. The Balaban J connectivity index is 1.84. The van der Waals surface area contributed by atoms with Gasteiger partial charge in [0, 0.05) is 74.0 Å². The number of aromatic nitrogens is 3. The summed E-state index contributed by atoms with van der Waals surface area (Å²) in [6.07, 6.45) is 7.24. The number of ether oxygens (including phenoxy) is 2. The molecule has 10 nitrogen and oxygen atoms in total. The van der Waals surface area contributed by atoms with Gasteiger partial charge >= 0.3 is 0 Å². The van der Waals surface area contributed by atoms with Crippen LogP contribution in [0.2, 0.25) is 0 Å². The largest absolute Gasteiger partial charge is 0.493 e. The van der Waals surface area contributed by atoms with Crippen LogP contribution in [0.1, 0.15) is 18.2 Å². The monoisotopic (exact) mass is 575 g/mol. The summed E-state index contributed by atoms with van der Waals surface area (Å²) in [4.78, 5) is 24.0. The van der Waals surface area contributed by atoms with Gasteiger partial charge in [-0.25, -0.2) is 13.5 Å². The molecule has 4 aromatic rings. The van der Waals surface area contributed by atoms with Gasteiger partial charge in [0.05, 0.1) is 31.3 Å². The number of carbonyl (C=O) groups is 1. The van der Waals surface area contributed by atoms with E-state index in [0.29, 0.717) is 40.3 Å². The minimum atomic E-state index is -0.894. The van der Waals surface area contributed by atoms with E-state index in [0.717, 1.165) is 11.8 Å². The number of aliphatic imine (C=N–C) groups is 1. The van der Waals surface area contributed by atoms with Crippen molar-refractivity contribution in [3.05, 3.63) is 89.6 Å². The van der Waals surface area contributed by atoms with Crippen LogP contribution >= 0.6 is 0 Å². The van der Waals surface area contributed by atoms with Crippen LogP contribution in [-0.4, -0.2) is 55.7 Å². The summed E-state index contributed by atoms with van der Waals surface area (Å²) in [5, 5.41) is 4.23. The summed E-state index contributed by atoms with van der Waals surface area (Å²) in [6, 6.07) is 11.8. The number of amides is 1. The van der Waals surface area contributed by atoms with E-state index in [2.05, 4.69) is 15.1 Å². The number of methoxy groups -OCH3 is 2. The SMILES string of the molecule is CN=CC(=C(C)N)c1cc(N(C=O)c2ccc(-n3cccn3)cc2)c(CN(C)c2c(F)c(OC)cc(OC)c2F)cn1. The van der Waals surface area contributed by atoms with E-state index in [-0.39, 0.29) is 23.7 Å². The zero-order valence-corrected chi connectivity index (χ0v) is 23.9. The highest BCUT2D eigenvalue weighted by Gasteiger charge is 2.25. The lowest BCUT2D eigenvalue weighted by atomic mass is 10.1. The summed E-state index contributed by atoms with van der Waals surface area (Å²) >= 11 is 0. The van der Waals surface area contributed by atoms with Crippen LogP contribution in [0, 0.1) is 11.6 Å². The van der Waals surface area contributed by atoms with Gasteiger partial charge in [0.2, 0.25) is 6.41 Å². The lowest BCUT2D eigenvalue weighted by molar-refractivity contribution is -0.106. The van der Waals surface area contributed by atoms with E-state index in [9.17, 15) is 4.79 Å². The minimum Gasteiger partial charge on any atom is -0.493 e. The summed E-state index contributed by atoms with van der Waals surface area (Å²) < 4.78 is 42.5. The van der Waals surface area contributed by atoms with Crippen molar-refractivity contribution >= 4 is 35.3 Å². The second kappa shape index (κ2) is 12.9. The average Bonchev–Trinajstić information content (AvgIpc) is 3.53. The third-order valence-electron chi connectivity index (χ3n) is 6.52. The molecule has 0 atom stereocenters. The van der Waals surface area contributed by atoms with E-state index in [1.165, 1.54) is 37.3 Å². The lowest BCUT2D eigenvalue weighted by Gasteiger charge is -2.27. The minimum absolute atomic E-state index is 0.0367. The van der Waals surface area contributed by atoms with Crippen LogP contribution in [0.4, 0.5) is 25.8 Å². The molecular formula is C30H31F2N7O3. The van der Waals surface area contributed by atoms with Crippen molar-refractivity contribution in [2.45, 2.75) is 13.5 Å². The first-order valence-electron chi connectivity index (χ1n) is 12.8. The van der Waals surface area contributed by atoms with Crippen LogP contribution in [0.25, 0.3) is 11.3 Å². The fourth-order valence-corrected chi connectivity index (χ4v) is 4.45. The molecule has 0 aliphatic heterocycles. The second-order valence-electron chi connectivity index (χ2n) is 9.24. The predicted molar refractivity (Wildman–Crippen MR) is 159 cm³/mol. The predicted octanol–water partition coefficient (Wildman–Crippen LogP) is 4.88. The molecule has 0 radical (unpaired) electrons. The number of rotatable bonds is 11. The van der Waals surface area contributed by atoms with Gasteiger partial charge in [0.15, 0.2) is 23.1 Å². The highest BCUT2D eigenvalue weighted by atomic mass is 19.1. The van der Waals surface area contributed by atoms with Crippen LogP contribution in [0.3, 0.4) is 0 Å². The van der Waals surface area contributed by atoms with Gasteiger partial charge in [-0.15, -0.1) is 0 Å². The molecule has 4 rings (SSSR count). The van der Waals surface area contributed by atoms with Crippen LogP contribution in [-0.2, 0) is 11.3 Å². The maximum Gasteiger partial charge on any atom is 0.218 e. The normalized spacial score (nSPS) is 11.8. The maximum atomic E-state index is 15.3. The zero-order chi connectivity index (χ0) is 30.4. The molecule has 0 fully saturated rings. The molecule has 0 aliphatic carbocycles. The Bertz CT molecular complexity index is 1590. The number of hydrogen-bond acceptors (Lipinski definition) is 8. The fourth-order valence-electron chi connectivity index (χ4n) is 4.45. The third kappa shape index (κ3) is 5.92. The van der Waals surface area contributed by atoms with Gasteiger partial charge in [0.25, 0.3) is 0 Å². The first-order chi connectivity index (χ1) is 20.2. The number of allylic oxidation sites excluding steroid dienone is 2. The molecule has 0 unspecified atom stereocenters. The molecule has 0 spiro atoms. The van der Waals surface area contributed by atoms with Crippen molar-refractivity contribution in [1.82, 2.24) is 14.8 Å². The summed E-state index contributed by atoms with van der Waals surface area (Å²) in [5.41, 5.74) is 9.50. The highest BCUT2D eigenvalue weighted by molar-refractivity contribution is 6.10. The number of halogens is 2. The Hall–Kier alpha value is -5.26. The number of nitrogens with zero attached hydrogens (tertiary/aromatic N) is 6. The standard InChI is InChI=1S/C30H31F2N7O3/c1-19(33)23(16-34-2)24-13-25(38(18-40)21-7-9-22(10-8-21)39-12-6-11-36-39)20(15-35-24)17-37(3)30-28(31)26(41-4)14-27(42-5)29(30)32/h6-16,18H,17,33H2,1-5H3. The average molecular weight is 576 g/mol. The molecule has 218 valence electrons. The zero-order valence-electron chi connectivity index (χ0n) is 23.9. The number of pyridine rings is 1. The molecule has 2 aromatic heterocycles. The maximum absolute atomic E-state index is 15.3. The van der Waals surface area contributed by atoms with Crippen molar-refractivity contribution < 1.29 is 23.0 Å². The first-order valence-corrected chi connectivity index (χ1v) is 12.8. The summed E-state index contributed by atoms with van der Waals surface area (Å²) in [5.74, 6) is -2.15. The van der Waals surface area contributed by atoms with Crippen molar-refractivity contribution in [2.24, 2.45) is 10.7 Å². The Morgan fingerprint density at radius 3 is 2.31 bits per heavy atom. The molecule has 42 heavy (non-hydrogen) atoms. The fraction of sp³-hybridized carbons (Fsp3) is 0.200. The second-order valence-corrected chi connectivity index (χ2v) is 9.24. The number of benzene rings is 2. The summed E-state index contributed by atoms with van der Waals surface area (Å²) in [6.45, 7) is 1.68. The molecule has 0 aliphatic rings. The quantitative estimate of drug-likeness (QED) is 0.200. The van der Waals surface area contributed by atoms with Gasteiger partial charge in [0.1, 0.15) is 5.69 Å². The smallest absolute Gasteiger partial charge is 0.218 e. The highest BCUT2D eigenvalue weighted by Crippen LogP contribution is 2.38. The molecule has 2 heterocycles. The van der Waals surface area contributed by atoms with E-state index in [4.69, 9.17) is 15.2 Å². The van der Waals surface area contributed by atoms with E-state index < -0.39 is 11.6 Å². The van der Waals surface area contributed by atoms with Crippen molar-refractivity contribution in [3.63, 3.8) is 0 Å². The Labute approximate surface area is 242 Å². The van der Waals surface area contributed by atoms with Gasteiger partial charge in [-0.3, -0.25) is 19.7 Å². The number of hydrogen-bond donors (Lipinski definition) is 1. The van der Waals surface area contributed by atoms with Crippen LogP contribution in [0.5, 0.6) is 11.5 Å². The van der Waals surface area contributed by atoms with Gasteiger partial charge in [-0.1, -0.05) is 0 Å². The molecule has 1 amide bonds. The number of anilines is 3. The van der Waals surface area contributed by atoms with Gasteiger partial charge in [-0.2, -0.15) is 5.10 Å². The van der Waals surface area contributed by atoms with Crippen molar-refractivity contribution in [1.29, 1.82) is 0 Å². The lowest BCUT2D eigenvalue weighted by Crippen LogP contribution is -2.23. The van der Waals surface area contributed by atoms with Gasteiger partial charge < -0.3 is 20.1 Å². The molecule has 12 heteroatoms. The van der Waals surface area contributed by atoms with Crippen LogP contribution in [0.15, 0.2) is 71.7 Å². The van der Waals surface area contributed by atoms with Crippen molar-refractivity contribution in [2.75, 3.05) is 38.1 Å². The van der Waals surface area contributed by atoms with Crippen molar-refractivity contribution in [3.8, 4) is 17.2 Å². The number of nitrogens with two attached hydrogens (primary N) is 1. The molecule has 0 saturated carbocycles. The molecular weight excluding hydrogens is 544 g/mol. The molecule has 2 aromatic carbocycles. The van der Waals surface area contributed by atoms with E-state index in [1.54, 1.807) is 61.5 Å². The number of carbonyl (C=O) groups excluding carboxylic acids is 1. The molecule has 0 bridgehead atoms. The van der Waals surface area contributed by atoms with E-state index in [1.807, 2.05) is 12.1 Å². The summed E-state index contributed by atoms with van der Waals surface area (Å²) in [7, 11) is 5.69. The topological polar surface area (TPSA) is 111 Å². The first kappa shape index (κ1) is 29.7.